The number of hydrogen-bond donors (Lipinski definition) is 4. The smallest absolute Gasteiger partial charge is 0.490 e. The van der Waals surface area contributed by atoms with Gasteiger partial charge in [0.15, 0.2) is 0 Å². The van der Waals surface area contributed by atoms with Gasteiger partial charge in [-0.25, -0.2) is 9.78 Å². The number of benzene rings is 2. The Hall–Kier alpha value is -4.82. The number of aliphatic carboxylic acids is 1. The number of aromatic nitrogens is 3. The third-order valence-electron chi connectivity index (χ3n) is 7.53. The van der Waals surface area contributed by atoms with Crippen LogP contribution in [-0.4, -0.2) is 51.0 Å². The summed E-state index contributed by atoms with van der Waals surface area (Å²) in [6.45, 7) is 3.74. The van der Waals surface area contributed by atoms with Crippen LogP contribution in [0, 0.1) is 6.92 Å². The Labute approximate surface area is 272 Å². The first-order valence-corrected chi connectivity index (χ1v) is 15.0. The van der Waals surface area contributed by atoms with Gasteiger partial charge in [-0.2, -0.15) is 26.3 Å². The lowest BCUT2D eigenvalue weighted by Gasteiger charge is -2.17. The molecule has 2 aromatic carbocycles. The SMILES string of the molecule is CCC(=O)CCCCC[C@H](NC(=O)Cc1c(C)[nH]c2ccc(OC)cc12)c1ncc(-c2ccccc2C(F)(F)F)[nH]1.O=C(O)C(F)(F)F. The molecule has 0 unspecified atom stereocenters. The summed E-state index contributed by atoms with van der Waals surface area (Å²) in [5.41, 5.74) is 2.05. The Morgan fingerprint density at radius 2 is 1.69 bits per heavy atom. The number of rotatable bonds is 13. The van der Waals surface area contributed by atoms with E-state index in [0.29, 0.717) is 37.3 Å². The number of H-pyrrole nitrogens is 2. The van der Waals surface area contributed by atoms with Gasteiger partial charge in [-0.1, -0.05) is 38.0 Å². The van der Waals surface area contributed by atoms with Crippen LogP contribution in [-0.2, 0) is 27.0 Å². The van der Waals surface area contributed by atoms with Crippen LogP contribution in [0.1, 0.15) is 74.1 Å². The number of aryl methyl sites for hydroxylation is 1. The van der Waals surface area contributed by atoms with Gasteiger partial charge in [0.05, 0.1) is 37.0 Å². The van der Waals surface area contributed by atoms with Crippen molar-refractivity contribution in [2.24, 2.45) is 0 Å². The summed E-state index contributed by atoms with van der Waals surface area (Å²) in [4.78, 5) is 44.6. The number of hydrogen-bond acceptors (Lipinski definition) is 5. The van der Waals surface area contributed by atoms with Crippen LogP contribution in [0.5, 0.6) is 5.75 Å². The highest BCUT2D eigenvalue weighted by atomic mass is 19.4. The summed E-state index contributed by atoms with van der Waals surface area (Å²) < 4.78 is 78.0. The number of Topliss-reactive ketones (excluding diaryl/α,β-unsaturated/α-hetero) is 1. The first-order chi connectivity index (χ1) is 22.5. The van der Waals surface area contributed by atoms with Crippen LogP contribution in [0.25, 0.3) is 22.2 Å². The fourth-order valence-corrected chi connectivity index (χ4v) is 5.04. The van der Waals surface area contributed by atoms with E-state index in [1.165, 1.54) is 18.3 Å². The van der Waals surface area contributed by atoms with Gasteiger partial charge < -0.3 is 25.1 Å². The lowest BCUT2D eigenvalue weighted by atomic mass is 10.0. The Morgan fingerprint density at radius 3 is 2.31 bits per heavy atom. The molecular formula is C33H36F6N4O5. The van der Waals surface area contributed by atoms with E-state index in [9.17, 15) is 35.9 Å². The topological polar surface area (TPSA) is 137 Å². The number of aromatic amines is 2. The van der Waals surface area contributed by atoms with Gasteiger partial charge in [-0.3, -0.25) is 9.59 Å². The third kappa shape index (κ3) is 10.3. The van der Waals surface area contributed by atoms with Crippen molar-refractivity contribution in [3.8, 4) is 17.0 Å². The van der Waals surface area contributed by atoms with Gasteiger partial charge in [0.1, 0.15) is 17.4 Å². The molecule has 0 fully saturated rings. The number of carboxylic acid groups (broad SMARTS) is 1. The number of imidazole rings is 1. The number of nitrogens with one attached hydrogen (secondary N) is 3. The summed E-state index contributed by atoms with van der Waals surface area (Å²) in [7, 11) is 1.58. The van der Waals surface area contributed by atoms with Gasteiger partial charge in [0.25, 0.3) is 0 Å². The molecule has 15 heteroatoms. The molecule has 1 amide bonds. The average molecular weight is 683 g/mol. The van der Waals surface area contributed by atoms with Crippen LogP contribution in [0.2, 0.25) is 0 Å². The van der Waals surface area contributed by atoms with E-state index in [2.05, 4.69) is 20.3 Å². The number of ether oxygens (including phenoxy) is 1. The number of amides is 1. The van der Waals surface area contributed by atoms with E-state index in [4.69, 9.17) is 14.6 Å². The molecular weight excluding hydrogens is 646 g/mol. The van der Waals surface area contributed by atoms with Gasteiger partial charge >= 0.3 is 18.3 Å². The lowest BCUT2D eigenvalue weighted by molar-refractivity contribution is -0.192. The lowest BCUT2D eigenvalue weighted by Crippen LogP contribution is -2.30. The molecule has 0 bridgehead atoms. The maximum atomic E-state index is 13.6. The van der Waals surface area contributed by atoms with Gasteiger partial charge in [0, 0.05) is 35.0 Å². The van der Waals surface area contributed by atoms with Crippen LogP contribution in [0.3, 0.4) is 0 Å². The van der Waals surface area contributed by atoms with Crippen molar-refractivity contribution in [3.05, 3.63) is 71.3 Å². The molecule has 0 saturated carbocycles. The van der Waals surface area contributed by atoms with Crippen molar-refractivity contribution in [2.75, 3.05) is 7.11 Å². The molecule has 0 saturated heterocycles. The second-order valence-electron chi connectivity index (χ2n) is 11.0. The first kappa shape index (κ1) is 37.6. The van der Waals surface area contributed by atoms with Crippen molar-refractivity contribution in [3.63, 3.8) is 0 Å². The fraction of sp³-hybridized carbons (Fsp3) is 0.394. The van der Waals surface area contributed by atoms with Crippen molar-refractivity contribution < 1.29 is 50.6 Å². The Balaban J connectivity index is 0.000000804. The van der Waals surface area contributed by atoms with Gasteiger partial charge in [-0.05, 0) is 49.6 Å². The minimum Gasteiger partial charge on any atom is -0.497 e. The summed E-state index contributed by atoms with van der Waals surface area (Å²) in [5.74, 6) is -1.73. The van der Waals surface area contributed by atoms with E-state index >= 15 is 0 Å². The summed E-state index contributed by atoms with van der Waals surface area (Å²) >= 11 is 0. The number of carbonyl (C=O) groups excluding carboxylic acids is 2. The highest BCUT2D eigenvalue weighted by Gasteiger charge is 2.38. The Bertz CT molecular complexity index is 1710. The molecule has 2 aromatic heterocycles. The van der Waals surface area contributed by atoms with Crippen molar-refractivity contribution in [1.29, 1.82) is 0 Å². The second-order valence-corrected chi connectivity index (χ2v) is 11.0. The minimum absolute atomic E-state index is 0.00901. The molecule has 4 N–H and O–H groups in total. The highest BCUT2D eigenvalue weighted by molar-refractivity contribution is 5.91. The summed E-state index contributed by atoms with van der Waals surface area (Å²) in [6.07, 6.45) is -4.37. The van der Waals surface area contributed by atoms with Gasteiger partial charge in [0.2, 0.25) is 5.91 Å². The van der Waals surface area contributed by atoms with E-state index < -0.39 is 29.9 Å². The van der Waals surface area contributed by atoms with Crippen molar-refractivity contribution in [2.45, 2.75) is 77.2 Å². The molecule has 0 aliphatic rings. The Kier molecular flexibility index (Phi) is 12.8. The van der Waals surface area contributed by atoms with E-state index in [0.717, 1.165) is 41.1 Å². The van der Waals surface area contributed by atoms with E-state index in [-0.39, 0.29) is 29.4 Å². The number of halogens is 6. The molecule has 0 aliphatic heterocycles. The maximum absolute atomic E-state index is 13.6. The monoisotopic (exact) mass is 682 g/mol. The molecule has 1 atom stereocenters. The third-order valence-corrected chi connectivity index (χ3v) is 7.53. The average Bonchev–Trinajstić information content (AvgIpc) is 3.64. The number of methoxy groups -OCH3 is 1. The summed E-state index contributed by atoms with van der Waals surface area (Å²) in [5, 5.41) is 11.1. The summed E-state index contributed by atoms with van der Waals surface area (Å²) in [6, 6.07) is 10.4. The highest BCUT2D eigenvalue weighted by Crippen LogP contribution is 2.37. The molecule has 4 rings (SSSR count). The molecule has 0 spiro atoms. The molecule has 2 heterocycles. The zero-order chi connectivity index (χ0) is 35.6. The number of unbranched alkanes of at least 4 members (excludes halogenated alkanes) is 2. The Morgan fingerprint density at radius 1 is 1.00 bits per heavy atom. The minimum atomic E-state index is -5.08. The molecule has 0 aliphatic carbocycles. The quantitative estimate of drug-likeness (QED) is 0.0837. The number of carbonyl (C=O) groups is 3. The molecule has 0 radical (unpaired) electrons. The zero-order valence-electron chi connectivity index (χ0n) is 26.4. The largest absolute Gasteiger partial charge is 0.497 e. The normalized spacial score (nSPS) is 12.3. The predicted molar refractivity (Wildman–Crippen MR) is 165 cm³/mol. The van der Waals surface area contributed by atoms with Gasteiger partial charge in [-0.15, -0.1) is 0 Å². The number of carboxylic acids is 1. The predicted octanol–water partition coefficient (Wildman–Crippen LogP) is 7.86. The standard InChI is InChI=1S/C31H35F3N4O3.C2HF3O2/c1-4-20(39)10-6-5-7-13-27(30-35-18-28(38-30)22-11-8-9-12-25(22)31(32,33)34)37-29(40)17-23-19(2)36-26-15-14-21(41-3)16-24(23)26;3-2(4,5)1(6)7/h8-9,11-12,14-16,18,27,36H,4-7,10,13,17H2,1-3H3,(H,35,38)(H,37,40);(H,6,7)/t27-;/m0./s1. The zero-order valence-corrected chi connectivity index (χ0v) is 26.4. The van der Waals surface area contributed by atoms with Crippen LogP contribution in [0.4, 0.5) is 26.3 Å². The number of fused-ring (bicyclic) bond motifs is 1. The molecule has 9 nitrogen and oxygen atoms in total. The maximum Gasteiger partial charge on any atom is 0.490 e. The fourth-order valence-electron chi connectivity index (χ4n) is 5.04. The number of ketones is 1. The van der Waals surface area contributed by atoms with Crippen LogP contribution in [0.15, 0.2) is 48.7 Å². The van der Waals surface area contributed by atoms with Crippen LogP contribution < -0.4 is 10.1 Å². The molecule has 48 heavy (non-hydrogen) atoms. The van der Waals surface area contributed by atoms with Crippen LogP contribution >= 0.6 is 0 Å². The first-order valence-electron chi connectivity index (χ1n) is 15.0. The number of nitrogens with zero attached hydrogens (tertiary/aromatic N) is 1. The van der Waals surface area contributed by atoms with E-state index in [1.54, 1.807) is 13.2 Å². The molecule has 260 valence electrons. The van der Waals surface area contributed by atoms with Crippen molar-refractivity contribution in [1.82, 2.24) is 20.3 Å². The second kappa shape index (κ2) is 16.3. The number of alkyl halides is 6. The molecule has 4 aromatic rings. The van der Waals surface area contributed by atoms with Crippen molar-refractivity contribution >= 4 is 28.6 Å². The van der Waals surface area contributed by atoms with E-state index in [1.807, 2.05) is 32.0 Å².